The molecular formula is C53H72N6O13. The highest BCUT2D eigenvalue weighted by atomic mass is 16.6. The van der Waals surface area contributed by atoms with E-state index in [1.54, 1.807) is 44.1 Å². The van der Waals surface area contributed by atoms with Crippen molar-refractivity contribution in [3.05, 3.63) is 95.1 Å². The number of fused-ring (bicyclic) bond motifs is 2. The van der Waals surface area contributed by atoms with E-state index in [2.05, 4.69) is 38.4 Å². The third kappa shape index (κ3) is 22.0. The van der Waals surface area contributed by atoms with Crippen LogP contribution in [0.4, 0.5) is 11.4 Å². The lowest BCUT2D eigenvalue weighted by atomic mass is 10.0. The number of carbonyl (C=O) groups excluding carboxylic acids is 6. The molecule has 1 aliphatic heterocycles. The number of nitrogens with zero attached hydrogens (tertiary/aromatic N) is 1. The lowest BCUT2D eigenvalue weighted by molar-refractivity contribution is -0.134. The number of ether oxygens (including phenoxy) is 7. The lowest BCUT2D eigenvalue weighted by Crippen LogP contribution is -2.55. The molecule has 0 saturated heterocycles. The Morgan fingerprint density at radius 3 is 1.72 bits per heavy atom. The van der Waals surface area contributed by atoms with Crippen molar-refractivity contribution in [3.63, 3.8) is 0 Å². The molecule has 4 rings (SSSR count). The first-order valence-corrected chi connectivity index (χ1v) is 24.3. The maximum absolute atomic E-state index is 13.9. The van der Waals surface area contributed by atoms with E-state index in [0.717, 1.165) is 16.7 Å². The van der Waals surface area contributed by atoms with E-state index in [9.17, 15) is 28.8 Å². The maximum atomic E-state index is 13.9. The number of aryl methyl sites for hydroxylation is 1. The quantitative estimate of drug-likeness (QED) is 0.0429. The van der Waals surface area contributed by atoms with Crippen LogP contribution in [0.1, 0.15) is 62.3 Å². The average Bonchev–Trinajstić information content (AvgIpc) is 3.36. The smallest absolute Gasteiger partial charge is 0.246 e. The molecule has 72 heavy (non-hydrogen) atoms. The van der Waals surface area contributed by atoms with Crippen LogP contribution in [0.5, 0.6) is 0 Å². The Bertz CT molecular complexity index is 2230. The fraction of sp³-hybridized carbons (Fsp3) is 0.509. The van der Waals surface area contributed by atoms with Gasteiger partial charge in [0.1, 0.15) is 18.1 Å². The number of carbonyl (C=O) groups is 6. The molecule has 0 radical (unpaired) electrons. The third-order valence-corrected chi connectivity index (χ3v) is 11.0. The Hall–Kier alpha value is -6.24. The standard InChI is InChI=1S/C53H72N6O13/c1-38(2)50(53(65)55-40(4)51(63)56-44-18-14-39(3)15-19-44)58-48(61)36-45(52(64)54-22-23-67-26-27-69-30-31-71-34-35-72-33-32-70-29-28-68-25-24-66-5)57-47(60)20-21-49(62)59-37-43-12-7-6-10-41(43)16-17-42-11-8-9-13-46(42)59/h6-15,18-19,38,40,45,50H,20-37H2,1-5H3,(H,54,64)(H,55,65)(H,56,63)(H,57,60)(H,58,61)/t40-,45-,50-/m0/s1. The molecule has 5 N–H and O–H groups in total. The zero-order valence-corrected chi connectivity index (χ0v) is 42.2. The summed E-state index contributed by atoms with van der Waals surface area (Å²) in [7, 11) is 1.62. The zero-order valence-electron chi connectivity index (χ0n) is 42.2. The van der Waals surface area contributed by atoms with E-state index in [1.165, 1.54) is 6.92 Å². The van der Waals surface area contributed by atoms with Gasteiger partial charge in [0.05, 0.1) is 105 Å². The first-order chi connectivity index (χ1) is 34.9. The number of rotatable bonds is 34. The first-order valence-electron chi connectivity index (χ1n) is 24.3. The molecule has 0 unspecified atom stereocenters. The molecule has 1 aliphatic rings. The lowest BCUT2D eigenvalue weighted by Gasteiger charge is -2.26. The van der Waals surface area contributed by atoms with Crippen molar-refractivity contribution in [1.82, 2.24) is 21.3 Å². The average molecular weight is 1000 g/mol. The van der Waals surface area contributed by atoms with Crippen LogP contribution in [0.15, 0.2) is 72.8 Å². The molecular weight excluding hydrogens is 929 g/mol. The monoisotopic (exact) mass is 1000 g/mol. The molecule has 392 valence electrons. The van der Waals surface area contributed by atoms with Gasteiger partial charge >= 0.3 is 0 Å². The summed E-state index contributed by atoms with van der Waals surface area (Å²) in [6, 6.07) is 18.6. The third-order valence-electron chi connectivity index (χ3n) is 11.0. The van der Waals surface area contributed by atoms with Gasteiger partial charge in [-0.15, -0.1) is 0 Å². The Balaban J connectivity index is 1.25. The van der Waals surface area contributed by atoms with E-state index in [4.69, 9.17) is 33.2 Å². The molecule has 19 nitrogen and oxygen atoms in total. The number of hydrogen-bond donors (Lipinski definition) is 5. The molecule has 3 aromatic rings. The molecule has 0 bridgehead atoms. The minimum Gasteiger partial charge on any atom is -0.382 e. The molecule has 3 atom stereocenters. The molecule has 6 amide bonds. The Morgan fingerprint density at radius 2 is 1.12 bits per heavy atom. The van der Waals surface area contributed by atoms with Crippen LogP contribution in [0, 0.1) is 24.7 Å². The maximum Gasteiger partial charge on any atom is 0.246 e. The number of nitrogens with one attached hydrogen (secondary N) is 5. The molecule has 3 aromatic carbocycles. The number of hydrogen-bond acceptors (Lipinski definition) is 13. The Labute approximate surface area is 423 Å². The van der Waals surface area contributed by atoms with E-state index in [1.807, 2.05) is 61.5 Å². The molecule has 19 heteroatoms. The molecule has 0 saturated carbocycles. The molecule has 0 spiro atoms. The predicted molar refractivity (Wildman–Crippen MR) is 270 cm³/mol. The van der Waals surface area contributed by atoms with Crippen molar-refractivity contribution >= 4 is 46.8 Å². The van der Waals surface area contributed by atoms with Gasteiger partial charge in [-0.2, -0.15) is 0 Å². The van der Waals surface area contributed by atoms with Gasteiger partial charge in [0, 0.05) is 43.3 Å². The predicted octanol–water partition coefficient (Wildman–Crippen LogP) is 3.04. The normalized spacial score (nSPS) is 12.9. The Kier molecular flexibility index (Phi) is 27.1. The topological polar surface area (TPSA) is 230 Å². The summed E-state index contributed by atoms with van der Waals surface area (Å²) in [6.45, 7) is 12.3. The zero-order chi connectivity index (χ0) is 51.9. The fourth-order valence-electron chi connectivity index (χ4n) is 6.96. The van der Waals surface area contributed by atoms with Crippen LogP contribution in [-0.2, 0) is 68.5 Å². The van der Waals surface area contributed by atoms with Crippen molar-refractivity contribution < 1.29 is 61.9 Å². The highest BCUT2D eigenvalue weighted by molar-refractivity contribution is 6.00. The summed E-state index contributed by atoms with van der Waals surface area (Å²) >= 11 is 0. The van der Waals surface area contributed by atoms with Crippen molar-refractivity contribution in [2.45, 2.75) is 71.6 Å². The van der Waals surface area contributed by atoms with Gasteiger partial charge in [-0.3, -0.25) is 28.8 Å². The summed E-state index contributed by atoms with van der Waals surface area (Å²) in [4.78, 5) is 82.6. The van der Waals surface area contributed by atoms with Crippen LogP contribution in [0.3, 0.4) is 0 Å². The largest absolute Gasteiger partial charge is 0.382 e. The van der Waals surface area contributed by atoms with E-state index in [0.29, 0.717) is 83.0 Å². The fourth-order valence-corrected chi connectivity index (χ4v) is 6.96. The second-order valence-corrected chi connectivity index (χ2v) is 17.1. The summed E-state index contributed by atoms with van der Waals surface area (Å²) in [5.41, 5.74) is 4.49. The SMILES string of the molecule is COCCOCCOCCOCCOCCOCCOCCNC(=O)[C@H](CC(=O)N[C@H](C(=O)N[C@@H](C)C(=O)Nc1ccc(C)cc1)C(C)C)NC(=O)CCC(=O)N1Cc2ccccc2C#Cc2ccccc21. The first kappa shape index (κ1) is 58.3. The minimum absolute atomic E-state index is 0.0416. The van der Waals surface area contributed by atoms with Gasteiger partial charge in [0.15, 0.2) is 0 Å². The van der Waals surface area contributed by atoms with Crippen molar-refractivity contribution in [2.24, 2.45) is 5.92 Å². The summed E-state index contributed by atoms with van der Waals surface area (Å²) < 4.78 is 37.8. The number of anilines is 2. The van der Waals surface area contributed by atoms with E-state index in [-0.39, 0.29) is 51.7 Å². The van der Waals surface area contributed by atoms with E-state index >= 15 is 0 Å². The van der Waals surface area contributed by atoms with Gasteiger partial charge in [0.25, 0.3) is 0 Å². The highest BCUT2D eigenvalue weighted by Crippen LogP contribution is 2.26. The van der Waals surface area contributed by atoms with Crippen molar-refractivity contribution in [2.75, 3.05) is 110 Å². The van der Waals surface area contributed by atoms with Crippen LogP contribution in [0.2, 0.25) is 0 Å². The van der Waals surface area contributed by atoms with Crippen LogP contribution >= 0.6 is 0 Å². The number of benzene rings is 3. The van der Waals surface area contributed by atoms with Crippen LogP contribution in [0.25, 0.3) is 0 Å². The highest BCUT2D eigenvalue weighted by Gasteiger charge is 2.31. The number of amides is 6. The summed E-state index contributed by atoms with van der Waals surface area (Å²) in [5.74, 6) is 2.48. The Morgan fingerprint density at radius 1 is 0.583 bits per heavy atom. The van der Waals surface area contributed by atoms with Gasteiger partial charge in [-0.05, 0) is 55.7 Å². The van der Waals surface area contributed by atoms with Crippen LogP contribution < -0.4 is 31.5 Å². The number of para-hydroxylation sites is 1. The number of methoxy groups -OCH3 is 1. The van der Waals surface area contributed by atoms with E-state index < -0.39 is 60.0 Å². The molecule has 1 heterocycles. The van der Waals surface area contributed by atoms with Gasteiger partial charge in [-0.25, -0.2) is 0 Å². The van der Waals surface area contributed by atoms with Crippen molar-refractivity contribution in [1.29, 1.82) is 0 Å². The second-order valence-electron chi connectivity index (χ2n) is 17.1. The van der Waals surface area contributed by atoms with Gasteiger partial charge in [-0.1, -0.05) is 73.7 Å². The summed E-state index contributed by atoms with van der Waals surface area (Å²) in [6.07, 6.45) is -1.04. The van der Waals surface area contributed by atoms with Gasteiger partial charge in [0.2, 0.25) is 35.4 Å². The summed E-state index contributed by atoms with van der Waals surface area (Å²) in [5, 5.41) is 13.4. The van der Waals surface area contributed by atoms with Crippen LogP contribution in [-0.4, -0.2) is 153 Å². The molecule has 0 aromatic heterocycles. The van der Waals surface area contributed by atoms with Crippen molar-refractivity contribution in [3.8, 4) is 11.8 Å². The molecule has 0 fully saturated rings. The molecule has 0 aliphatic carbocycles. The van der Waals surface area contributed by atoms with Gasteiger partial charge < -0.3 is 64.6 Å². The second kappa shape index (κ2) is 33.4. The minimum atomic E-state index is -1.38.